The number of benzene rings is 2. The molecule has 0 atom stereocenters. The lowest BCUT2D eigenvalue weighted by atomic mass is 10.2. The third-order valence-corrected chi connectivity index (χ3v) is 4.45. The van der Waals surface area contributed by atoms with Gasteiger partial charge in [-0.25, -0.2) is 0 Å². The zero-order valence-electron chi connectivity index (χ0n) is 14.3. The van der Waals surface area contributed by atoms with Crippen LogP contribution in [0.15, 0.2) is 67.0 Å². The molecule has 0 saturated carbocycles. The van der Waals surface area contributed by atoms with Crippen LogP contribution in [0.3, 0.4) is 0 Å². The van der Waals surface area contributed by atoms with Gasteiger partial charge in [0.15, 0.2) is 0 Å². The van der Waals surface area contributed by atoms with Crippen LogP contribution in [0, 0.1) is 0 Å². The molecule has 27 heavy (non-hydrogen) atoms. The molecule has 2 N–H and O–H groups in total. The summed E-state index contributed by atoms with van der Waals surface area (Å²) in [7, 11) is 0. The quantitative estimate of drug-likeness (QED) is 0.614. The molecule has 0 aliphatic heterocycles. The summed E-state index contributed by atoms with van der Waals surface area (Å²) in [6.45, 7) is 0.583. The lowest BCUT2D eigenvalue weighted by Gasteiger charge is -2.09. The van der Waals surface area contributed by atoms with Crippen molar-refractivity contribution in [2.45, 2.75) is 0 Å². The molecule has 3 aromatic rings. The van der Waals surface area contributed by atoms with Crippen LogP contribution in [0.25, 0.3) is 5.69 Å². The van der Waals surface area contributed by atoms with E-state index in [9.17, 15) is 9.59 Å². The van der Waals surface area contributed by atoms with Gasteiger partial charge in [0, 0.05) is 41.8 Å². The minimum Gasteiger partial charge on any atom is -0.350 e. The molecule has 0 aliphatic rings. The van der Waals surface area contributed by atoms with Crippen molar-refractivity contribution in [2.75, 3.05) is 13.1 Å². The minimum absolute atomic E-state index is 0.201. The van der Waals surface area contributed by atoms with Gasteiger partial charge >= 0.3 is 0 Å². The van der Waals surface area contributed by atoms with Gasteiger partial charge in [-0.2, -0.15) is 0 Å². The average Bonchev–Trinajstić information content (AvgIpc) is 3.20. The van der Waals surface area contributed by atoms with Crippen molar-refractivity contribution in [3.05, 3.63) is 88.2 Å². The van der Waals surface area contributed by atoms with E-state index in [-0.39, 0.29) is 23.4 Å². The van der Waals surface area contributed by atoms with Crippen LogP contribution in [0.2, 0.25) is 10.0 Å². The first-order valence-electron chi connectivity index (χ1n) is 8.29. The van der Waals surface area contributed by atoms with Crippen molar-refractivity contribution in [2.24, 2.45) is 0 Å². The molecule has 1 heterocycles. The van der Waals surface area contributed by atoms with Gasteiger partial charge < -0.3 is 15.2 Å². The van der Waals surface area contributed by atoms with Gasteiger partial charge in [-0.3, -0.25) is 9.59 Å². The van der Waals surface area contributed by atoms with Crippen molar-refractivity contribution >= 4 is 35.0 Å². The molecule has 2 amide bonds. The highest BCUT2D eigenvalue weighted by molar-refractivity contribution is 6.36. The van der Waals surface area contributed by atoms with Gasteiger partial charge in [-0.1, -0.05) is 23.2 Å². The van der Waals surface area contributed by atoms with E-state index in [0.29, 0.717) is 22.7 Å². The van der Waals surface area contributed by atoms with E-state index in [1.807, 2.05) is 41.2 Å². The number of halogens is 2. The molecular weight excluding hydrogens is 385 g/mol. The predicted octanol–water partition coefficient (Wildman–Crippen LogP) is 3.94. The van der Waals surface area contributed by atoms with Crippen molar-refractivity contribution in [1.29, 1.82) is 0 Å². The number of nitrogens with one attached hydrogen (secondary N) is 2. The van der Waals surface area contributed by atoms with Crippen LogP contribution in [-0.2, 0) is 0 Å². The summed E-state index contributed by atoms with van der Waals surface area (Å²) in [5.74, 6) is -0.519. The number of carbonyl (C=O) groups excluding carboxylic acids is 2. The summed E-state index contributed by atoms with van der Waals surface area (Å²) in [6.07, 6.45) is 3.87. The molecule has 0 radical (unpaired) electrons. The zero-order chi connectivity index (χ0) is 19.2. The fraction of sp³-hybridized carbons (Fsp3) is 0.100. The summed E-state index contributed by atoms with van der Waals surface area (Å²) in [6, 6.07) is 15.8. The molecule has 2 aromatic carbocycles. The maximum atomic E-state index is 12.2. The summed E-state index contributed by atoms with van der Waals surface area (Å²) in [5.41, 5.74) is 1.87. The normalized spacial score (nSPS) is 10.4. The van der Waals surface area contributed by atoms with Gasteiger partial charge in [0.05, 0.1) is 10.6 Å². The second kappa shape index (κ2) is 8.75. The molecule has 138 valence electrons. The monoisotopic (exact) mass is 401 g/mol. The summed E-state index contributed by atoms with van der Waals surface area (Å²) in [4.78, 5) is 24.3. The van der Waals surface area contributed by atoms with E-state index in [1.54, 1.807) is 24.3 Å². The molecule has 0 saturated heterocycles. The Morgan fingerprint density at radius 1 is 0.852 bits per heavy atom. The maximum Gasteiger partial charge on any atom is 0.252 e. The summed E-state index contributed by atoms with van der Waals surface area (Å²) in [5, 5.41) is 6.23. The lowest BCUT2D eigenvalue weighted by Crippen LogP contribution is -2.34. The molecule has 1 aromatic heterocycles. The highest BCUT2D eigenvalue weighted by Gasteiger charge is 2.10. The van der Waals surface area contributed by atoms with Crippen molar-refractivity contribution < 1.29 is 9.59 Å². The number of hydrogen-bond acceptors (Lipinski definition) is 2. The SMILES string of the molecule is O=C(NCCNC(=O)c1ccc(Cl)cc1Cl)c1ccc(-n2cccc2)cc1. The number of rotatable bonds is 6. The molecule has 3 rings (SSSR count). The smallest absolute Gasteiger partial charge is 0.252 e. The highest BCUT2D eigenvalue weighted by Crippen LogP contribution is 2.20. The second-order valence-electron chi connectivity index (χ2n) is 5.77. The van der Waals surface area contributed by atoms with Gasteiger partial charge in [-0.15, -0.1) is 0 Å². The number of hydrogen-bond donors (Lipinski definition) is 2. The first-order valence-corrected chi connectivity index (χ1v) is 9.05. The van der Waals surface area contributed by atoms with Crippen LogP contribution in [0.5, 0.6) is 0 Å². The van der Waals surface area contributed by atoms with E-state index in [4.69, 9.17) is 23.2 Å². The Kier molecular flexibility index (Phi) is 6.16. The largest absolute Gasteiger partial charge is 0.350 e. The molecular formula is C20H17Cl2N3O2. The van der Waals surface area contributed by atoms with Crippen molar-refractivity contribution in [1.82, 2.24) is 15.2 Å². The maximum absolute atomic E-state index is 12.2. The van der Waals surface area contributed by atoms with E-state index >= 15 is 0 Å². The van der Waals surface area contributed by atoms with Gasteiger partial charge in [0.1, 0.15) is 0 Å². The Hall–Kier alpha value is -2.76. The van der Waals surface area contributed by atoms with Crippen molar-refractivity contribution in [3.8, 4) is 5.69 Å². The van der Waals surface area contributed by atoms with Crippen LogP contribution in [-0.4, -0.2) is 29.5 Å². The first kappa shape index (κ1) is 19.0. The fourth-order valence-corrected chi connectivity index (χ4v) is 3.01. The third-order valence-electron chi connectivity index (χ3n) is 3.90. The van der Waals surface area contributed by atoms with Gasteiger partial charge in [0.2, 0.25) is 0 Å². The Bertz CT molecular complexity index is 938. The number of nitrogens with zero attached hydrogens (tertiary/aromatic N) is 1. The van der Waals surface area contributed by atoms with Crippen LogP contribution in [0.1, 0.15) is 20.7 Å². The summed E-state index contributed by atoms with van der Waals surface area (Å²) < 4.78 is 1.96. The molecule has 0 spiro atoms. The van der Waals surface area contributed by atoms with Crippen LogP contribution < -0.4 is 10.6 Å². The Morgan fingerprint density at radius 3 is 2.11 bits per heavy atom. The van der Waals surface area contributed by atoms with Crippen LogP contribution in [0.4, 0.5) is 0 Å². The van der Waals surface area contributed by atoms with Gasteiger partial charge in [-0.05, 0) is 54.6 Å². The number of carbonyl (C=O) groups is 2. The summed E-state index contributed by atoms with van der Waals surface area (Å²) >= 11 is 11.8. The van der Waals surface area contributed by atoms with E-state index < -0.39 is 0 Å². The van der Waals surface area contributed by atoms with Crippen molar-refractivity contribution in [3.63, 3.8) is 0 Å². The molecule has 0 unspecified atom stereocenters. The Morgan fingerprint density at radius 2 is 1.48 bits per heavy atom. The molecule has 7 heteroatoms. The minimum atomic E-state index is -0.318. The second-order valence-corrected chi connectivity index (χ2v) is 6.62. The zero-order valence-corrected chi connectivity index (χ0v) is 15.8. The molecule has 0 fully saturated rings. The fourth-order valence-electron chi connectivity index (χ4n) is 2.51. The molecule has 5 nitrogen and oxygen atoms in total. The van der Waals surface area contributed by atoms with E-state index in [0.717, 1.165) is 5.69 Å². The highest BCUT2D eigenvalue weighted by atomic mass is 35.5. The third kappa shape index (κ3) is 4.90. The number of amides is 2. The Balaban J connectivity index is 1.47. The standard InChI is InChI=1S/C20H17Cl2N3O2/c21-15-5-8-17(18(22)13-15)20(27)24-10-9-23-19(26)14-3-6-16(7-4-14)25-11-1-2-12-25/h1-8,11-13H,9-10H2,(H,23,26)(H,24,27). The first-order chi connectivity index (χ1) is 13.0. The van der Waals surface area contributed by atoms with Gasteiger partial charge in [0.25, 0.3) is 11.8 Å². The van der Waals surface area contributed by atoms with E-state index in [1.165, 1.54) is 6.07 Å². The predicted molar refractivity (Wildman–Crippen MR) is 107 cm³/mol. The molecule has 0 bridgehead atoms. The molecule has 0 aliphatic carbocycles. The van der Waals surface area contributed by atoms with Crippen LogP contribution >= 0.6 is 23.2 Å². The number of aromatic nitrogens is 1. The average molecular weight is 402 g/mol. The topological polar surface area (TPSA) is 63.1 Å². The Labute approximate surface area is 166 Å². The lowest BCUT2D eigenvalue weighted by molar-refractivity contribution is 0.0927. The van der Waals surface area contributed by atoms with E-state index in [2.05, 4.69) is 10.6 Å².